The van der Waals surface area contributed by atoms with Crippen LogP contribution in [0.15, 0.2) is 40.6 Å². The molecule has 2 amide bonds. The van der Waals surface area contributed by atoms with Gasteiger partial charge in [0.05, 0.1) is 12.6 Å². The Morgan fingerprint density at radius 1 is 1.43 bits per heavy atom. The molecule has 1 aromatic heterocycles. The highest BCUT2D eigenvalue weighted by Gasteiger charge is 2.23. The molecule has 1 aliphatic rings. The van der Waals surface area contributed by atoms with Crippen LogP contribution < -0.4 is 5.32 Å². The zero-order valence-corrected chi connectivity index (χ0v) is 18.6. The predicted molar refractivity (Wildman–Crippen MR) is 120 cm³/mol. The van der Waals surface area contributed by atoms with Gasteiger partial charge in [0, 0.05) is 33.9 Å². The molecule has 0 bridgehead atoms. The van der Waals surface area contributed by atoms with Crippen LogP contribution in [0.3, 0.4) is 0 Å². The van der Waals surface area contributed by atoms with E-state index in [1.165, 1.54) is 9.77 Å². The molecule has 2 heterocycles. The third-order valence-corrected chi connectivity index (χ3v) is 7.14. The van der Waals surface area contributed by atoms with Gasteiger partial charge in [-0.1, -0.05) is 19.9 Å². The lowest BCUT2D eigenvalue weighted by Gasteiger charge is -2.26. The van der Waals surface area contributed by atoms with Gasteiger partial charge in [-0.3, -0.25) is 0 Å². The van der Waals surface area contributed by atoms with Crippen molar-refractivity contribution in [1.29, 1.82) is 0 Å². The highest BCUT2D eigenvalue weighted by Crippen LogP contribution is 2.29. The average molecular weight is 419 g/mol. The Kier molecular flexibility index (Phi) is 7.82. The molecule has 0 saturated carbocycles. The van der Waals surface area contributed by atoms with Crippen molar-refractivity contribution in [3.05, 3.63) is 46.2 Å². The van der Waals surface area contributed by atoms with Crippen LogP contribution in [0, 0.1) is 6.92 Å². The van der Waals surface area contributed by atoms with Crippen molar-refractivity contribution in [3.63, 3.8) is 0 Å². The number of anilines is 1. The number of urea groups is 1. The minimum atomic E-state index is -0.0608. The van der Waals surface area contributed by atoms with Crippen LogP contribution in [0.2, 0.25) is 0 Å². The highest BCUT2D eigenvalue weighted by atomic mass is 32.2. The molecule has 28 heavy (non-hydrogen) atoms. The first kappa shape index (κ1) is 21.2. The summed E-state index contributed by atoms with van der Waals surface area (Å²) < 4.78 is 5.77. The SMILES string of the molecule is CCC(C)Sc1ccc(NC(=O)N(Cc2cccs2)CC2CCCO2)c(C)c1. The molecule has 1 aromatic carbocycles. The second-order valence-corrected chi connectivity index (χ2v) is 9.88. The summed E-state index contributed by atoms with van der Waals surface area (Å²) >= 11 is 3.56. The number of amides is 2. The van der Waals surface area contributed by atoms with Crippen molar-refractivity contribution in [2.75, 3.05) is 18.5 Å². The number of hydrogen-bond donors (Lipinski definition) is 1. The number of nitrogens with one attached hydrogen (secondary N) is 1. The second-order valence-electron chi connectivity index (χ2n) is 7.34. The molecular weight excluding hydrogens is 388 g/mol. The number of carbonyl (C=O) groups excluding carboxylic acids is 1. The third-order valence-electron chi connectivity index (χ3n) is 5.01. The molecule has 2 atom stereocenters. The highest BCUT2D eigenvalue weighted by molar-refractivity contribution is 7.99. The van der Waals surface area contributed by atoms with Gasteiger partial charge in [-0.25, -0.2) is 4.79 Å². The van der Waals surface area contributed by atoms with Crippen molar-refractivity contribution >= 4 is 34.8 Å². The van der Waals surface area contributed by atoms with E-state index >= 15 is 0 Å². The minimum absolute atomic E-state index is 0.0608. The fraction of sp³-hybridized carbons (Fsp3) is 0.500. The Morgan fingerprint density at radius 2 is 2.29 bits per heavy atom. The van der Waals surface area contributed by atoms with Gasteiger partial charge in [0.1, 0.15) is 0 Å². The van der Waals surface area contributed by atoms with Crippen LogP contribution in [-0.2, 0) is 11.3 Å². The van der Waals surface area contributed by atoms with Crippen LogP contribution in [0.4, 0.5) is 10.5 Å². The van der Waals surface area contributed by atoms with Crippen LogP contribution in [-0.4, -0.2) is 35.4 Å². The molecular formula is C22H30N2O2S2. The summed E-state index contributed by atoms with van der Waals surface area (Å²) in [6, 6.07) is 10.3. The summed E-state index contributed by atoms with van der Waals surface area (Å²) in [5.74, 6) is 0. The van der Waals surface area contributed by atoms with Gasteiger partial charge in [-0.05, 0) is 61.4 Å². The summed E-state index contributed by atoms with van der Waals surface area (Å²) in [5, 5.41) is 5.76. The first-order valence-corrected chi connectivity index (χ1v) is 11.8. The van der Waals surface area contributed by atoms with Crippen molar-refractivity contribution in [2.45, 2.75) is 62.8 Å². The van der Waals surface area contributed by atoms with E-state index in [-0.39, 0.29) is 12.1 Å². The van der Waals surface area contributed by atoms with Gasteiger partial charge in [0.2, 0.25) is 0 Å². The maximum absolute atomic E-state index is 13.0. The standard InChI is InChI=1S/C22H30N2O2S2/c1-4-17(3)28-19-9-10-21(16(2)13-19)23-22(25)24(14-18-7-5-11-26-18)15-20-8-6-12-27-20/h6,8-10,12-13,17-18H,4-5,7,11,14-15H2,1-3H3,(H,23,25). The number of carbonyl (C=O) groups is 1. The number of thioether (sulfide) groups is 1. The summed E-state index contributed by atoms with van der Waals surface area (Å²) in [4.78, 5) is 17.4. The molecule has 2 aromatic rings. The number of hydrogen-bond acceptors (Lipinski definition) is 4. The number of thiophene rings is 1. The lowest BCUT2D eigenvalue weighted by atomic mass is 10.2. The second kappa shape index (κ2) is 10.3. The molecule has 1 N–H and O–H groups in total. The molecule has 4 nitrogen and oxygen atoms in total. The van der Waals surface area contributed by atoms with E-state index in [9.17, 15) is 4.79 Å². The fourth-order valence-corrected chi connectivity index (χ4v) is 4.95. The van der Waals surface area contributed by atoms with E-state index in [1.54, 1.807) is 11.3 Å². The van der Waals surface area contributed by atoms with Crippen molar-refractivity contribution in [3.8, 4) is 0 Å². The first-order valence-electron chi connectivity index (χ1n) is 10.0. The summed E-state index contributed by atoms with van der Waals surface area (Å²) in [5.41, 5.74) is 1.97. The van der Waals surface area contributed by atoms with E-state index in [2.05, 4.69) is 49.7 Å². The summed E-state index contributed by atoms with van der Waals surface area (Å²) in [6.07, 6.45) is 3.38. The zero-order valence-electron chi connectivity index (χ0n) is 16.9. The van der Waals surface area contributed by atoms with Gasteiger partial charge in [-0.2, -0.15) is 0 Å². The minimum Gasteiger partial charge on any atom is -0.376 e. The van der Waals surface area contributed by atoms with Crippen molar-refractivity contribution in [2.24, 2.45) is 0 Å². The zero-order chi connectivity index (χ0) is 19.9. The normalized spacial score (nSPS) is 17.5. The van der Waals surface area contributed by atoms with Gasteiger partial charge in [0.15, 0.2) is 0 Å². The van der Waals surface area contributed by atoms with E-state index in [0.29, 0.717) is 18.3 Å². The fourth-order valence-electron chi connectivity index (χ4n) is 3.20. The van der Waals surface area contributed by atoms with Gasteiger partial charge in [0.25, 0.3) is 0 Å². The van der Waals surface area contributed by atoms with Crippen LogP contribution in [0.5, 0.6) is 0 Å². The smallest absolute Gasteiger partial charge is 0.322 e. The number of benzene rings is 1. The summed E-state index contributed by atoms with van der Waals surface area (Å²) in [6.45, 7) is 8.54. The maximum atomic E-state index is 13.0. The molecule has 0 aliphatic carbocycles. The average Bonchev–Trinajstić information content (AvgIpc) is 3.37. The van der Waals surface area contributed by atoms with Gasteiger partial charge in [-0.15, -0.1) is 23.1 Å². The van der Waals surface area contributed by atoms with E-state index in [0.717, 1.165) is 37.1 Å². The molecule has 1 fully saturated rings. The molecule has 0 radical (unpaired) electrons. The Hall–Kier alpha value is -1.50. The lowest BCUT2D eigenvalue weighted by Crippen LogP contribution is -2.39. The summed E-state index contributed by atoms with van der Waals surface area (Å²) in [7, 11) is 0. The van der Waals surface area contributed by atoms with Crippen molar-refractivity contribution in [1.82, 2.24) is 4.90 Å². The first-order chi connectivity index (χ1) is 13.5. The number of ether oxygens (including phenoxy) is 1. The van der Waals surface area contributed by atoms with Gasteiger partial charge >= 0.3 is 6.03 Å². The quantitative estimate of drug-likeness (QED) is 0.522. The van der Waals surface area contributed by atoms with E-state index in [4.69, 9.17) is 4.74 Å². The number of aryl methyl sites for hydroxylation is 1. The molecule has 0 spiro atoms. The van der Waals surface area contributed by atoms with Crippen LogP contribution in [0.25, 0.3) is 0 Å². The van der Waals surface area contributed by atoms with Crippen LogP contribution >= 0.6 is 23.1 Å². The van der Waals surface area contributed by atoms with Crippen LogP contribution in [0.1, 0.15) is 43.6 Å². The largest absolute Gasteiger partial charge is 0.376 e. The molecule has 1 saturated heterocycles. The molecule has 6 heteroatoms. The molecule has 2 unspecified atom stereocenters. The van der Waals surface area contributed by atoms with E-state index < -0.39 is 0 Å². The Morgan fingerprint density at radius 3 is 2.93 bits per heavy atom. The monoisotopic (exact) mass is 418 g/mol. The Labute approximate surface area is 176 Å². The van der Waals surface area contributed by atoms with Gasteiger partial charge < -0.3 is 15.0 Å². The molecule has 1 aliphatic heterocycles. The van der Waals surface area contributed by atoms with E-state index in [1.807, 2.05) is 28.8 Å². The molecule has 152 valence electrons. The number of rotatable bonds is 8. The Balaban J connectivity index is 1.67. The topological polar surface area (TPSA) is 41.6 Å². The molecule has 3 rings (SSSR count). The maximum Gasteiger partial charge on any atom is 0.322 e. The predicted octanol–water partition coefficient (Wildman–Crippen LogP) is 6.16. The Bertz CT molecular complexity index is 758. The van der Waals surface area contributed by atoms with Crippen molar-refractivity contribution < 1.29 is 9.53 Å². The third kappa shape index (κ3) is 6.00. The lowest BCUT2D eigenvalue weighted by molar-refractivity contribution is 0.0821. The number of nitrogens with zero attached hydrogens (tertiary/aromatic N) is 1.